The first kappa shape index (κ1) is 17.2. The van der Waals surface area contributed by atoms with Gasteiger partial charge in [-0.15, -0.1) is 0 Å². The van der Waals surface area contributed by atoms with Crippen molar-refractivity contribution in [2.45, 2.75) is 81.1 Å². The Hall–Kier alpha value is -0.645. The van der Waals surface area contributed by atoms with Crippen molar-refractivity contribution in [2.75, 3.05) is 0 Å². The van der Waals surface area contributed by atoms with Gasteiger partial charge in [0.2, 0.25) is 0 Å². The third-order valence-electron chi connectivity index (χ3n) is 5.49. The van der Waals surface area contributed by atoms with E-state index in [9.17, 15) is 4.21 Å². The molecule has 2 fully saturated rings. The lowest BCUT2D eigenvalue weighted by Crippen LogP contribution is -2.41. The molecule has 1 aliphatic carbocycles. The van der Waals surface area contributed by atoms with Crippen molar-refractivity contribution in [1.29, 1.82) is 0 Å². The molecule has 1 heterocycles. The molecular weight excluding hydrogens is 307 g/mol. The lowest BCUT2D eigenvalue weighted by atomic mass is 9.79. The Labute approximate surface area is 142 Å². The Bertz CT molecular complexity index is 560. The SMILES string of the molecule is CC1(C)OB(c2ccc(S(=O)C3CCCCC3)cc2)OC1(C)C. The van der Waals surface area contributed by atoms with Crippen molar-refractivity contribution < 1.29 is 13.5 Å². The van der Waals surface area contributed by atoms with E-state index < -0.39 is 10.8 Å². The fourth-order valence-corrected chi connectivity index (χ4v) is 4.76. The maximum absolute atomic E-state index is 12.7. The molecule has 1 aliphatic heterocycles. The van der Waals surface area contributed by atoms with Crippen LogP contribution in [0.5, 0.6) is 0 Å². The highest BCUT2D eigenvalue weighted by molar-refractivity contribution is 7.85. The average molecular weight is 334 g/mol. The number of hydrogen-bond donors (Lipinski definition) is 0. The van der Waals surface area contributed by atoms with Gasteiger partial charge in [0, 0.05) is 10.1 Å². The van der Waals surface area contributed by atoms with E-state index in [0.29, 0.717) is 5.25 Å². The molecular formula is C18H27BO3S. The van der Waals surface area contributed by atoms with Gasteiger partial charge in [0.1, 0.15) is 0 Å². The van der Waals surface area contributed by atoms with Crippen LogP contribution < -0.4 is 5.46 Å². The third-order valence-corrected chi connectivity index (χ3v) is 7.31. The zero-order chi connectivity index (χ0) is 16.7. The fraction of sp³-hybridized carbons (Fsp3) is 0.667. The van der Waals surface area contributed by atoms with Crippen molar-refractivity contribution in [2.24, 2.45) is 0 Å². The molecule has 126 valence electrons. The van der Waals surface area contributed by atoms with Gasteiger partial charge in [0.15, 0.2) is 0 Å². The highest BCUT2D eigenvalue weighted by atomic mass is 32.2. The van der Waals surface area contributed by atoms with E-state index in [-0.39, 0.29) is 18.3 Å². The van der Waals surface area contributed by atoms with E-state index in [0.717, 1.165) is 23.2 Å². The second-order valence-corrected chi connectivity index (χ2v) is 9.45. The Kier molecular flexibility index (Phi) is 4.74. The first-order valence-corrected chi connectivity index (χ1v) is 9.88. The van der Waals surface area contributed by atoms with E-state index in [1.165, 1.54) is 19.3 Å². The minimum Gasteiger partial charge on any atom is -0.399 e. The third kappa shape index (κ3) is 3.42. The van der Waals surface area contributed by atoms with Crippen molar-refractivity contribution >= 4 is 23.4 Å². The predicted octanol–water partition coefficient (Wildman–Crippen LogP) is 3.43. The summed E-state index contributed by atoms with van der Waals surface area (Å²) in [5.41, 5.74) is 0.329. The summed E-state index contributed by atoms with van der Waals surface area (Å²) >= 11 is 0. The maximum Gasteiger partial charge on any atom is 0.494 e. The van der Waals surface area contributed by atoms with Crippen LogP contribution in [0.4, 0.5) is 0 Å². The molecule has 2 aliphatic rings. The summed E-state index contributed by atoms with van der Waals surface area (Å²) in [5.74, 6) is 0. The molecule has 0 aromatic heterocycles. The minimum atomic E-state index is -0.892. The highest BCUT2D eigenvalue weighted by Gasteiger charge is 2.51. The molecule has 1 unspecified atom stereocenters. The predicted molar refractivity (Wildman–Crippen MR) is 95.4 cm³/mol. The summed E-state index contributed by atoms with van der Waals surface area (Å²) in [6, 6.07) is 7.95. The van der Waals surface area contributed by atoms with Crippen LogP contribution >= 0.6 is 0 Å². The van der Waals surface area contributed by atoms with E-state index in [2.05, 4.69) is 27.7 Å². The lowest BCUT2D eigenvalue weighted by Gasteiger charge is -2.32. The molecule has 1 saturated heterocycles. The van der Waals surface area contributed by atoms with Gasteiger partial charge >= 0.3 is 7.12 Å². The topological polar surface area (TPSA) is 35.5 Å². The van der Waals surface area contributed by atoms with Gasteiger partial charge in [-0.1, -0.05) is 31.4 Å². The maximum atomic E-state index is 12.7. The fourth-order valence-electron chi connectivity index (χ4n) is 3.21. The zero-order valence-corrected chi connectivity index (χ0v) is 15.4. The second kappa shape index (κ2) is 6.34. The monoisotopic (exact) mass is 334 g/mol. The van der Waals surface area contributed by atoms with E-state index in [1.807, 2.05) is 24.3 Å². The second-order valence-electron chi connectivity index (χ2n) is 7.71. The van der Waals surface area contributed by atoms with Crippen LogP contribution in [0.3, 0.4) is 0 Å². The molecule has 0 amide bonds. The molecule has 1 atom stereocenters. The number of rotatable bonds is 3. The van der Waals surface area contributed by atoms with Crippen LogP contribution in [-0.4, -0.2) is 27.8 Å². The molecule has 0 spiro atoms. The normalized spacial score (nSPS) is 25.5. The Morgan fingerprint density at radius 3 is 2.00 bits per heavy atom. The Morgan fingerprint density at radius 1 is 0.957 bits per heavy atom. The Balaban J connectivity index is 1.71. The Morgan fingerprint density at radius 2 is 1.48 bits per heavy atom. The molecule has 1 saturated carbocycles. The van der Waals surface area contributed by atoms with Crippen LogP contribution in [0.1, 0.15) is 59.8 Å². The standard InChI is InChI=1S/C18H27BO3S/c1-17(2)18(3,4)22-19(21-17)14-10-12-16(13-11-14)23(20)15-8-6-5-7-9-15/h10-13,15H,5-9H2,1-4H3. The molecule has 0 N–H and O–H groups in total. The summed E-state index contributed by atoms with van der Waals surface area (Å²) in [5, 5.41) is 0.325. The molecule has 5 heteroatoms. The van der Waals surface area contributed by atoms with Crippen molar-refractivity contribution in [1.82, 2.24) is 0 Å². The highest BCUT2D eigenvalue weighted by Crippen LogP contribution is 2.36. The van der Waals surface area contributed by atoms with Crippen molar-refractivity contribution in [3.63, 3.8) is 0 Å². The van der Waals surface area contributed by atoms with Gasteiger partial charge in [-0.2, -0.15) is 0 Å². The number of benzene rings is 1. The first-order chi connectivity index (χ1) is 10.8. The zero-order valence-electron chi connectivity index (χ0n) is 14.6. The van der Waals surface area contributed by atoms with E-state index >= 15 is 0 Å². The van der Waals surface area contributed by atoms with Gasteiger partial charge in [-0.05, 0) is 58.1 Å². The summed E-state index contributed by atoms with van der Waals surface area (Å²) in [7, 11) is -1.24. The van der Waals surface area contributed by atoms with Gasteiger partial charge < -0.3 is 9.31 Å². The molecule has 0 bridgehead atoms. The molecule has 3 rings (SSSR count). The van der Waals surface area contributed by atoms with Crippen LogP contribution in [-0.2, 0) is 20.1 Å². The average Bonchev–Trinajstić information content (AvgIpc) is 2.76. The summed E-state index contributed by atoms with van der Waals surface area (Å²) in [6.45, 7) is 8.22. The van der Waals surface area contributed by atoms with Gasteiger partial charge in [-0.25, -0.2) is 0 Å². The minimum absolute atomic E-state index is 0.325. The van der Waals surface area contributed by atoms with E-state index in [4.69, 9.17) is 9.31 Å². The van der Waals surface area contributed by atoms with Crippen LogP contribution in [0.15, 0.2) is 29.2 Å². The van der Waals surface area contributed by atoms with Crippen LogP contribution in [0.2, 0.25) is 0 Å². The van der Waals surface area contributed by atoms with Gasteiger partial charge in [-0.3, -0.25) is 4.21 Å². The van der Waals surface area contributed by atoms with Gasteiger partial charge in [0.05, 0.1) is 22.0 Å². The van der Waals surface area contributed by atoms with Crippen LogP contribution in [0, 0.1) is 0 Å². The molecule has 1 aromatic rings. The molecule has 1 aromatic carbocycles. The van der Waals surface area contributed by atoms with Crippen molar-refractivity contribution in [3.8, 4) is 0 Å². The van der Waals surface area contributed by atoms with E-state index in [1.54, 1.807) is 0 Å². The largest absolute Gasteiger partial charge is 0.494 e. The summed E-state index contributed by atoms with van der Waals surface area (Å²) < 4.78 is 24.8. The lowest BCUT2D eigenvalue weighted by molar-refractivity contribution is 0.00578. The summed E-state index contributed by atoms with van der Waals surface area (Å²) in [4.78, 5) is 0.928. The summed E-state index contributed by atoms with van der Waals surface area (Å²) in [6.07, 6.45) is 5.89. The molecule has 23 heavy (non-hydrogen) atoms. The van der Waals surface area contributed by atoms with Crippen LogP contribution in [0.25, 0.3) is 0 Å². The molecule has 0 radical (unpaired) electrons. The van der Waals surface area contributed by atoms with Crippen molar-refractivity contribution in [3.05, 3.63) is 24.3 Å². The quantitative estimate of drug-likeness (QED) is 0.795. The number of hydrogen-bond acceptors (Lipinski definition) is 3. The first-order valence-electron chi connectivity index (χ1n) is 8.66. The smallest absolute Gasteiger partial charge is 0.399 e. The van der Waals surface area contributed by atoms with Gasteiger partial charge in [0.25, 0.3) is 0 Å². The molecule has 3 nitrogen and oxygen atoms in total.